The van der Waals surface area contributed by atoms with Crippen LogP contribution in [-0.2, 0) is 4.74 Å². The first-order valence-corrected chi connectivity index (χ1v) is 13.1. The maximum Gasteiger partial charge on any atom is 0.256 e. The maximum absolute atomic E-state index is 13.1. The van der Waals surface area contributed by atoms with Crippen molar-refractivity contribution >= 4 is 34.0 Å². The SMILES string of the molecule is COc1ccc(C(=O)Nc2sc(C)c(C)c2[C@@H](c2ccc(SC)cc2)N2CCOCC2)cc1. The van der Waals surface area contributed by atoms with Crippen molar-refractivity contribution in [2.24, 2.45) is 0 Å². The molecule has 1 saturated heterocycles. The minimum Gasteiger partial charge on any atom is -0.497 e. The highest BCUT2D eigenvalue weighted by Crippen LogP contribution is 2.42. The normalized spacial score (nSPS) is 15.3. The first-order valence-electron chi connectivity index (χ1n) is 11.0. The predicted molar refractivity (Wildman–Crippen MR) is 137 cm³/mol. The molecule has 1 N–H and O–H groups in total. The molecule has 0 aliphatic carbocycles. The Bertz CT molecular complexity index is 1090. The molecule has 1 amide bonds. The summed E-state index contributed by atoms with van der Waals surface area (Å²) in [6.45, 7) is 7.43. The van der Waals surface area contributed by atoms with Gasteiger partial charge in [-0.05, 0) is 67.6 Å². The Balaban J connectivity index is 1.72. The molecule has 1 fully saturated rings. The van der Waals surface area contributed by atoms with E-state index in [2.05, 4.69) is 54.6 Å². The summed E-state index contributed by atoms with van der Waals surface area (Å²) >= 11 is 3.39. The van der Waals surface area contributed by atoms with Gasteiger partial charge in [0.2, 0.25) is 0 Å². The number of thioether (sulfide) groups is 1. The number of nitrogens with zero attached hydrogens (tertiary/aromatic N) is 1. The van der Waals surface area contributed by atoms with Crippen molar-refractivity contribution in [3.05, 3.63) is 75.7 Å². The van der Waals surface area contributed by atoms with Gasteiger partial charge in [0.15, 0.2) is 0 Å². The van der Waals surface area contributed by atoms with Gasteiger partial charge in [0, 0.05) is 34.0 Å². The third-order valence-electron chi connectivity index (χ3n) is 6.13. The van der Waals surface area contributed by atoms with Crippen molar-refractivity contribution in [3.63, 3.8) is 0 Å². The molecule has 0 spiro atoms. The molecule has 0 saturated carbocycles. The summed E-state index contributed by atoms with van der Waals surface area (Å²) in [6.07, 6.45) is 2.09. The van der Waals surface area contributed by atoms with Crippen molar-refractivity contribution in [2.75, 3.05) is 45.0 Å². The van der Waals surface area contributed by atoms with Gasteiger partial charge < -0.3 is 14.8 Å². The van der Waals surface area contributed by atoms with Crippen LogP contribution < -0.4 is 10.1 Å². The number of anilines is 1. The number of amides is 1. The molecule has 1 aliphatic rings. The van der Waals surface area contributed by atoms with Crippen molar-refractivity contribution < 1.29 is 14.3 Å². The third kappa shape index (κ3) is 5.27. The van der Waals surface area contributed by atoms with Crippen LogP contribution in [0.4, 0.5) is 5.00 Å². The van der Waals surface area contributed by atoms with Crippen LogP contribution in [-0.4, -0.2) is 50.5 Å². The highest BCUT2D eigenvalue weighted by atomic mass is 32.2. The highest BCUT2D eigenvalue weighted by Gasteiger charge is 2.30. The second-order valence-corrected chi connectivity index (χ2v) is 10.1. The average molecular weight is 483 g/mol. The summed E-state index contributed by atoms with van der Waals surface area (Å²) in [6, 6.07) is 16.1. The zero-order valence-corrected chi connectivity index (χ0v) is 21.1. The third-order valence-corrected chi connectivity index (χ3v) is 8.01. The van der Waals surface area contributed by atoms with Crippen molar-refractivity contribution in [3.8, 4) is 5.75 Å². The van der Waals surface area contributed by atoms with Gasteiger partial charge in [-0.1, -0.05) is 12.1 Å². The number of thiophene rings is 1. The van der Waals surface area contributed by atoms with Gasteiger partial charge in [-0.2, -0.15) is 0 Å². The summed E-state index contributed by atoms with van der Waals surface area (Å²) < 4.78 is 10.9. The van der Waals surface area contributed by atoms with Crippen LogP contribution in [0.2, 0.25) is 0 Å². The molecule has 1 atom stereocenters. The zero-order chi connectivity index (χ0) is 23.4. The molecule has 1 aromatic heterocycles. The second-order valence-electron chi connectivity index (χ2n) is 8.03. The molecule has 5 nitrogen and oxygen atoms in total. The van der Waals surface area contributed by atoms with E-state index in [1.807, 2.05) is 12.1 Å². The van der Waals surface area contributed by atoms with Gasteiger partial charge in [-0.25, -0.2) is 0 Å². The minimum atomic E-state index is -0.112. The molecular weight excluding hydrogens is 452 g/mol. The standard InChI is InChI=1S/C26H30N2O3S2/c1-17-18(2)33-26(27-25(29)20-5-9-21(30-3)10-6-20)23(17)24(28-13-15-31-16-14-28)19-7-11-22(32-4)12-8-19/h5-12,24H,13-16H2,1-4H3,(H,27,29)/t24-/m1/s1. The van der Waals surface area contributed by atoms with Crippen LogP contribution in [0, 0.1) is 13.8 Å². The lowest BCUT2D eigenvalue weighted by molar-refractivity contribution is 0.0240. The number of methoxy groups -OCH3 is 1. The Kier molecular flexibility index (Phi) is 7.75. The van der Waals surface area contributed by atoms with Crippen LogP contribution in [0.3, 0.4) is 0 Å². The fourth-order valence-corrected chi connectivity index (χ4v) is 5.66. The lowest BCUT2D eigenvalue weighted by atomic mass is 9.94. The van der Waals surface area contributed by atoms with Gasteiger partial charge in [-0.15, -0.1) is 23.1 Å². The summed E-state index contributed by atoms with van der Waals surface area (Å²) in [5.74, 6) is 0.620. The Morgan fingerprint density at radius 3 is 2.36 bits per heavy atom. The molecule has 0 bridgehead atoms. The summed E-state index contributed by atoms with van der Waals surface area (Å²) in [5, 5.41) is 4.13. The van der Waals surface area contributed by atoms with Crippen LogP contribution in [0.5, 0.6) is 5.75 Å². The molecule has 33 heavy (non-hydrogen) atoms. The number of ether oxygens (including phenoxy) is 2. The fourth-order valence-electron chi connectivity index (χ4n) is 4.17. The Morgan fingerprint density at radius 2 is 1.76 bits per heavy atom. The van der Waals surface area contributed by atoms with Crippen molar-refractivity contribution in [2.45, 2.75) is 24.8 Å². The number of aryl methyl sites for hydroxylation is 1. The molecular formula is C26H30N2O3S2. The van der Waals surface area contributed by atoms with Crippen molar-refractivity contribution in [1.29, 1.82) is 0 Å². The minimum absolute atomic E-state index is 0.0564. The van der Waals surface area contributed by atoms with E-state index >= 15 is 0 Å². The van der Waals surface area contributed by atoms with Crippen molar-refractivity contribution in [1.82, 2.24) is 4.90 Å². The monoisotopic (exact) mass is 482 g/mol. The van der Waals surface area contributed by atoms with Gasteiger partial charge in [0.25, 0.3) is 5.91 Å². The smallest absolute Gasteiger partial charge is 0.256 e. The lowest BCUT2D eigenvalue weighted by Gasteiger charge is -2.35. The lowest BCUT2D eigenvalue weighted by Crippen LogP contribution is -2.39. The number of carbonyl (C=O) groups is 1. The second kappa shape index (κ2) is 10.7. The van der Waals surface area contributed by atoms with Gasteiger partial charge in [-0.3, -0.25) is 9.69 Å². The van der Waals surface area contributed by atoms with E-state index in [4.69, 9.17) is 9.47 Å². The Hall–Kier alpha value is -2.32. The number of rotatable bonds is 7. The summed E-state index contributed by atoms with van der Waals surface area (Å²) in [7, 11) is 1.62. The average Bonchev–Trinajstić information content (AvgIpc) is 3.13. The topological polar surface area (TPSA) is 50.8 Å². The van der Waals surface area contributed by atoms with E-state index in [1.54, 1.807) is 42.3 Å². The van der Waals surface area contributed by atoms with E-state index in [0.29, 0.717) is 5.56 Å². The Morgan fingerprint density at radius 1 is 1.09 bits per heavy atom. The Labute approximate surface area is 204 Å². The number of hydrogen-bond donors (Lipinski definition) is 1. The van der Waals surface area contributed by atoms with E-state index in [9.17, 15) is 4.79 Å². The highest BCUT2D eigenvalue weighted by molar-refractivity contribution is 7.98. The molecule has 1 aliphatic heterocycles. The molecule has 174 valence electrons. The zero-order valence-electron chi connectivity index (χ0n) is 19.5. The molecule has 7 heteroatoms. The summed E-state index contributed by atoms with van der Waals surface area (Å²) in [4.78, 5) is 18.0. The van der Waals surface area contributed by atoms with E-state index in [1.165, 1.54) is 26.5 Å². The van der Waals surface area contributed by atoms with E-state index < -0.39 is 0 Å². The molecule has 0 unspecified atom stereocenters. The van der Waals surface area contributed by atoms with Gasteiger partial charge in [0.1, 0.15) is 10.8 Å². The van der Waals surface area contributed by atoms with Crippen LogP contribution in [0.1, 0.15) is 38.0 Å². The van der Waals surface area contributed by atoms with Gasteiger partial charge >= 0.3 is 0 Å². The number of nitrogens with one attached hydrogen (secondary N) is 1. The maximum atomic E-state index is 13.1. The van der Waals surface area contributed by atoms with E-state index in [0.717, 1.165) is 37.1 Å². The molecule has 2 heterocycles. The predicted octanol–water partition coefficient (Wildman–Crippen LogP) is 5.77. The first-order chi connectivity index (χ1) is 16.0. The molecule has 0 radical (unpaired) electrons. The number of carbonyl (C=O) groups excluding carboxylic acids is 1. The largest absolute Gasteiger partial charge is 0.497 e. The molecule has 3 aromatic rings. The number of hydrogen-bond acceptors (Lipinski definition) is 6. The fraction of sp³-hybridized carbons (Fsp3) is 0.346. The van der Waals surface area contributed by atoms with E-state index in [-0.39, 0.29) is 11.9 Å². The van der Waals surface area contributed by atoms with Gasteiger partial charge in [0.05, 0.1) is 26.4 Å². The number of morpholine rings is 1. The van der Waals surface area contributed by atoms with Crippen LogP contribution in [0.25, 0.3) is 0 Å². The molecule has 4 rings (SSSR count). The van der Waals surface area contributed by atoms with Crippen LogP contribution in [0.15, 0.2) is 53.4 Å². The first kappa shape index (κ1) is 23.8. The van der Waals surface area contributed by atoms with Crippen LogP contribution >= 0.6 is 23.1 Å². The number of benzene rings is 2. The quantitative estimate of drug-likeness (QED) is 0.433. The summed E-state index contributed by atoms with van der Waals surface area (Å²) in [5.41, 5.74) is 4.25. The molecule has 2 aromatic carbocycles.